The van der Waals surface area contributed by atoms with Crippen LogP contribution in [0.15, 0.2) is 0 Å². The Balaban J connectivity index is 3.35. The zero-order valence-corrected chi connectivity index (χ0v) is 15.1. The van der Waals surface area contributed by atoms with Crippen LogP contribution in [0.25, 0.3) is 0 Å². The SMILES string of the molecule is CCCCCCCCCCCCSC[C@@H](NC(C)=O)C(=O)O. The molecule has 0 radical (unpaired) electrons. The molecule has 1 atom stereocenters. The Hall–Kier alpha value is -0.710. The number of carbonyl (C=O) groups excluding carboxylic acids is 1. The first-order chi connectivity index (χ1) is 10.6. The van der Waals surface area contributed by atoms with E-state index in [1.165, 1.54) is 64.7 Å². The van der Waals surface area contributed by atoms with Crippen LogP contribution in [0.5, 0.6) is 0 Å². The van der Waals surface area contributed by atoms with Crippen LogP contribution in [0.2, 0.25) is 0 Å². The Morgan fingerprint density at radius 2 is 1.45 bits per heavy atom. The lowest BCUT2D eigenvalue weighted by atomic mass is 10.1. The molecule has 0 aromatic heterocycles. The van der Waals surface area contributed by atoms with Gasteiger partial charge in [-0.3, -0.25) is 4.79 Å². The minimum Gasteiger partial charge on any atom is -0.480 e. The summed E-state index contributed by atoms with van der Waals surface area (Å²) in [6, 6.07) is -0.759. The first kappa shape index (κ1) is 21.3. The molecule has 2 N–H and O–H groups in total. The maximum atomic E-state index is 10.9. The molecule has 0 heterocycles. The smallest absolute Gasteiger partial charge is 0.327 e. The van der Waals surface area contributed by atoms with Crippen molar-refractivity contribution in [2.75, 3.05) is 11.5 Å². The van der Waals surface area contributed by atoms with Gasteiger partial charge < -0.3 is 10.4 Å². The molecule has 1 amide bonds. The molecule has 5 heteroatoms. The first-order valence-electron chi connectivity index (χ1n) is 8.65. The van der Waals surface area contributed by atoms with Crippen molar-refractivity contribution in [3.05, 3.63) is 0 Å². The van der Waals surface area contributed by atoms with E-state index in [9.17, 15) is 9.59 Å². The van der Waals surface area contributed by atoms with Crippen molar-refractivity contribution in [3.8, 4) is 0 Å². The van der Waals surface area contributed by atoms with Gasteiger partial charge in [0.05, 0.1) is 0 Å². The second-order valence-corrected chi connectivity index (χ2v) is 7.00. The van der Waals surface area contributed by atoms with Gasteiger partial charge in [0.25, 0.3) is 0 Å². The zero-order valence-electron chi connectivity index (χ0n) is 14.2. The molecule has 0 aliphatic carbocycles. The third-order valence-electron chi connectivity index (χ3n) is 3.60. The largest absolute Gasteiger partial charge is 0.480 e. The topological polar surface area (TPSA) is 66.4 Å². The van der Waals surface area contributed by atoms with Crippen LogP contribution in [0.3, 0.4) is 0 Å². The molecule has 0 spiro atoms. The second-order valence-electron chi connectivity index (χ2n) is 5.85. The summed E-state index contributed by atoms with van der Waals surface area (Å²) in [5.41, 5.74) is 0. The van der Waals surface area contributed by atoms with Gasteiger partial charge in [0, 0.05) is 12.7 Å². The third-order valence-corrected chi connectivity index (χ3v) is 4.75. The number of unbranched alkanes of at least 4 members (excludes halogenated alkanes) is 9. The minimum absolute atomic E-state index is 0.285. The monoisotopic (exact) mass is 331 g/mol. The summed E-state index contributed by atoms with van der Waals surface area (Å²) in [5, 5.41) is 11.4. The number of carbonyl (C=O) groups is 2. The average molecular weight is 332 g/mol. The number of hydrogen-bond acceptors (Lipinski definition) is 3. The number of thioether (sulfide) groups is 1. The van der Waals surface area contributed by atoms with E-state index >= 15 is 0 Å². The molecule has 0 saturated carbocycles. The lowest BCUT2D eigenvalue weighted by molar-refractivity contribution is -0.140. The number of carboxylic acid groups (broad SMARTS) is 1. The number of carboxylic acids is 1. The number of amides is 1. The first-order valence-corrected chi connectivity index (χ1v) is 9.81. The molecule has 0 saturated heterocycles. The minimum atomic E-state index is -0.953. The highest BCUT2D eigenvalue weighted by Gasteiger charge is 2.17. The molecule has 0 aliphatic rings. The van der Waals surface area contributed by atoms with Gasteiger partial charge in [0.2, 0.25) is 5.91 Å². The molecule has 4 nitrogen and oxygen atoms in total. The number of rotatable bonds is 15. The maximum absolute atomic E-state index is 10.9. The van der Waals surface area contributed by atoms with Gasteiger partial charge in [0.1, 0.15) is 6.04 Å². The van der Waals surface area contributed by atoms with Crippen molar-refractivity contribution in [1.82, 2.24) is 5.32 Å². The molecule has 130 valence electrons. The predicted octanol–water partition coefficient (Wildman–Crippen LogP) is 4.23. The van der Waals surface area contributed by atoms with Crippen LogP contribution in [-0.4, -0.2) is 34.5 Å². The van der Waals surface area contributed by atoms with Gasteiger partial charge in [-0.1, -0.05) is 64.7 Å². The van der Waals surface area contributed by atoms with Gasteiger partial charge in [-0.25, -0.2) is 4.79 Å². The van der Waals surface area contributed by atoms with Crippen molar-refractivity contribution in [2.24, 2.45) is 0 Å². The summed E-state index contributed by atoms with van der Waals surface area (Å²) in [6.45, 7) is 3.59. The van der Waals surface area contributed by atoms with Crippen LogP contribution in [0.4, 0.5) is 0 Å². The van der Waals surface area contributed by atoms with E-state index in [0.717, 1.165) is 12.2 Å². The van der Waals surface area contributed by atoms with Gasteiger partial charge in [0.15, 0.2) is 0 Å². The molecular weight excluding hydrogens is 298 g/mol. The fraction of sp³-hybridized carbons (Fsp3) is 0.882. The van der Waals surface area contributed by atoms with Crippen LogP contribution in [0, 0.1) is 0 Å². The van der Waals surface area contributed by atoms with Gasteiger partial charge in [-0.2, -0.15) is 11.8 Å². The fourth-order valence-electron chi connectivity index (χ4n) is 2.31. The average Bonchev–Trinajstić information content (AvgIpc) is 2.46. The Bertz CT molecular complexity index is 298. The van der Waals surface area contributed by atoms with Crippen molar-refractivity contribution < 1.29 is 14.7 Å². The van der Waals surface area contributed by atoms with Crippen LogP contribution < -0.4 is 5.32 Å². The summed E-state index contributed by atoms with van der Waals surface area (Å²) in [5.74, 6) is 0.185. The lowest BCUT2D eigenvalue weighted by Gasteiger charge is -2.12. The Morgan fingerprint density at radius 3 is 1.91 bits per heavy atom. The van der Waals surface area contributed by atoms with Crippen molar-refractivity contribution in [2.45, 2.75) is 84.1 Å². The molecule has 0 aromatic rings. The van der Waals surface area contributed by atoms with Crippen molar-refractivity contribution in [1.29, 1.82) is 0 Å². The van der Waals surface area contributed by atoms with Crippen molar-refractivity contribution in [3.63, 3.8) is 0 Å². The normalized spacial score (nSPS) is 12.1. The standard InChI is InChI=1S/C17H33NO3S/c1-3-4-5-6-7-8-9-10-11-12-13-22-14-16(17(20)21)18-15(2)19/h16H,3-14H2,1-2H3,(H,18,19)(H,20,21)/t16-/m1/s1. The maximum Gasteiger partial charge on any atom is 0.327 e. The molecular formula is C17H33NO3S. The third kappa shape index (κ3) is 14.2. The van der Waals surface area contributed by atoms with E-state index in [0.29, 0.717) is 5.75 Å². The molecule has 0 aromatic carbocycles. The van der Waals surface area contributed by atoms with E-state index in [4.69, 9.17) is 5.11 Å². The molecule has 0 fully saturated rings. The quantitative estimate of drug-likeness (QED) is 0.441. The van der Waals surface area contributed by atoms with E-state index in [2.05, 4.69) is 12.2 Å². The summed E-state index contributed by atoms with van der Waals surface area (Å²) < 4.78 is 0. The Morgan fingerprint density at radius 1 is 0.955 bits per heavy atom. The summed E-state index contributed by atoms with van der Waals surface area (Å²) in [7, 11) is 0. The molecule has 0 bridgehead atoms. The van der Waals surface area contributed by atoms with E-state index in [-0.39, 0.29) is 5.91 Å². The predicted molar refractivity (Wildman–Crippen MR) is 94.4 cm³/mol. The Kier molecular flexibility index (Phi) is 14.7. The van der Waals surface area contributed by atoms with Crippen LogP contribution in [-0.2, 0) is 9.59 Å². The second kappa shape index (κ2) is 15.2. The van der Waals surface area contributed by atoms with Crippen molar-refractivity contribution >= 4 is 23.6 Å². The summed E-state index contributed by atoms with van der Waals surface area (Å²) in [4.78, 5) is 21.8. The van der Waals surface area contributed by atoms with Gasteiger partial charge in [-0.15, -0.1) is 0 Å². The number of aliphatic carboxylic acids is 1. The molecule has 0 rings (SSSR count). The van der Waals surface area contributed by atoms with Crippen LogP contribution >= 0.6 is 11.8 Å². The zero-order chi connectivity index (χ0) is 16.6. The summed E-state index contributed by atoms with van der Waals surface area (Å²) in [6.07, 6.45) is 13.1. The number of hydrogen-bond donors (Lipinski definition) is 2. The highest BCUT2D eigenvalue weighted by atomic mass is 32.2. The lowest BCUT2D eigenvalue weighted by Crippen LogP contribution is -2.41. The molecule has 0 unspecified atom stereocenters. The highest BCUT2D eigenvalue weighted by molar-refractivity contribution is 7.99. The highest BCUT2D eigenvalue weighted by Crippen LogP contribution is 2.13. The molecule has 22 heavy (non-hydrogen) atoms. The molecule has 0 aliphatic heterocycles. The van der Waals surface area contributed by atoms with E-state index in [1.807, 2.05) is 0 Å². The summed E-state index contributed by atoms with van der Waals surface area (Å²) >= 11 is 1.61. The number of nitrogens with one attached hydrogen (secondary N) is 1. The van der Waals surface area contributed by atoms with Gasteiger partial charge in [-0.05, 0) is 12.2 Å². The van der Waals surface area contributed by atoms with Crippen LogP contribution in [0.1, 0.15) is 78.1 Å². The van der Waals surface area contributed by atoms with E-state index in [1.54, 1.807) is 11.8 Å². The van der Waals surface area contributed by atoms with Gasteiger partial charge >= 0.3 is 5.97 Å². The Labute approximate surface area is 139 Å². The van der Waals surface area contributed by atoms with E-state index < -0.39 is 12.0 Å². The fourth-order valence-corrected chi connectivity index (χ4v) is 3.35.